The monoisotopic (exact) mass is 535 g/mol. The predicted octanol–water partition coefficient (Wildman–Crippen LogP) is 6.28. The first-order valence-electron chi connectivity index (χ1n) is 13.5. The molecular formula is C31H37NO5S. The van der Waals surface area contributed by atoms with Gasteiger partial charge in [0.25, 0.3) is 0 Å². The summed E-state index contributed by atoms with van der Waals surface area (Å²) in [5.74, 6) is 2.98. The quantitative estimate of drug-likeness (QED) is 0.113. The molecule has 0 amide bonds. The Kier molecular flexibility index (Phi) is 8.46. The summed E-state index contributed by atoms with van der Waals surface area (Å²) in [6, 6.07) is 13.5. The predicted molar refractivity (Wildman–Crippen MR) is 152 cm³/mol. The van der Waals surface area contributed by atoms with Crippen LogP contribution in [-0.4, -0.2) is 44.7 Å². The van der Waals surface area contributed by atoms with E-state index in [1.54, 1.807) is 25.3 Å². The van der Waals surface area contributed by atoms with Crippen LogP contribution in [0, 0.1) is 17.8 Å². The van der Waals surface area contributed by atoms with Gasteiger partial charge in [0.15, 0.2) is 6.79 Å². The van der Waals surface area contributed by atoms with Gasteiger partial charge in [0.1, 0.15) is 17.3 Å². The first-order valence-corrected chi connectivity index (χ1v) is 13.9. The SMILES string of the molecule is C=CCOC(=O)c1ccc(NC(=S)c2ccc(OCOCCOC)c(C34CC5CC(CC(C5)C3)C4)c2)cc1. The molecule has 6 rings (SSSR count). The van der Waals surface area contributed by atoms with E-state index in [2.05, 4.69) is 24.0 Å². The van der Waals surface area contributed by atoms with E-state index in [1.165, 1.54) is 44.1 Å². The first-order chi connectivity index (χ1) is 18.5. The van der Waals surface area contributed by atoms with Crippen molar-refractivity contribution in [3.63, 3.8) is 0 Å². The van der Waals surface area contributed by atoms with Crippen LogP contribution in [0.15, 0.2) is 55.1 Å². The first kappa shape index (κ1) is 26.9. The van der Waals surface area contributed by atoms with Gasteiger partial charge in [-0.1, -0.05) is 24.9 Å². The molecule has 0 atom stereocenters. The van der Waals surface area contributed by atoms with Crippen LogP contribution in [-0.2, 0) is 19.6 Å². The van der Waals surface area contributed by atoms with Crippen LogP contribution in [0.4, 0.5) is 5.69 Å². The Morgan fingerprint density at radius 3 is 2.32 bits per heavy atom. The molecule has 7 heteroatoms. The molecule has 4 aliphatic carbocycles. The third-order valence-electron chi connectivity index (χ3n) is 8.29. The van der Waals surface area contributed by atoms with Gasteiger partial charge in [-0.3, -0.25) is 0 Å². The van der Waals surface area contributed by atoms with E-state index >= 15 is 0 Å². The minimum Gasteiger partial charge on any atom is -0.467 e. The minimum atomic E-state index is -0.374. The highest BCUT2D eigenvalue weighted by Crippen LogP contribution is 2.62. The van der Waals surface area contributed by atoms with Gasteiger partial charge in [-0.15, -0.1) is 0 Å². The Labute approximate surface area is 230 Å². The van der Waals surface area contributed by atoms with Crippen molar-refractivity contribution in [2.45, 2.75) is 43.9 Å². The highest BCUT2D eigenvalue weighted by atomic mass is 32.1. The van der Waals surface area contributed by atoms with Gasteiger partial charge in [-0.05, 0) is 104 Å². The third-order valence-corrected chi connectivity index (χ3v) is 8.63. The summed E-state index contributed by atoms with van der Waals surface area (Å²) in [6.07, 6.45) is 9.38. The van der Waals surface area contributed by atoms with Crippen LogP contribution < -0.4 is 10.1 Å². The number of ether oxygens (including phenoxy) is 4. The van der Waals surface area contributed by atoms with E-state index in [1.807, 2.05) is 18.2 Å². The number of nitrogens with one attached hydrogen (secondary N) is 1. The van der Waals surface area contributed by atoms with Crippen LogP contribution in [0.1, 0.15) is 60.0 Å². The number of carbonyl (C=O) groups excluding carboxylic acids is 1. The van der Waals surface area contributed by atoms with Crippen molar-refractivity contribution in [2.24, 2.45) is 17.8 Å². The summed E-state index contributed by atoms with van der Waals surface area (Å²) in [7, 11) is 1.66. The Hall–Kier alpha value is -2.74. The summed E-state index contributed by atoms with van der Waals surface area (Å²) in [5.41, 5.74) is 3.69. The second-order valence-electron chi connectivity index (χ2n) is 11.0. The largest absolute Gasteiger partial charge is 0.467 e. The Bertz CT molecular complexity index is 1130. The molecule has 4 aliphatic rings. The molecule has 4 bridgehead atoms. The van der Waals surface area contributed by atoms with Crippen molar-refractivity contribution in [3.05, 3.63) is 71.8 Å². The average Bonchev–Trinajstić information content (AvgIpc) is 2.91. The van der Waals surface area contributed by atoms with E-state index < -0.39 is 0 Å². The van der Waals surface area contributed by atoms with Gasteiger partial charge in [-0.2, -0.15) is 0 Å². The Morgan fingerprint density at radius 1 is 1.03 bits per heavy atom. The highest BCUT2D eigenvalue weighted by molar-refractivity contribution is 7.81. The summed E-state index contributed by atoms with van der Waals surface area (Å²) in [5, 5.41) is 3.34. The standard InChI is InChI=1S/C31H37NO5S/c1-3-10-36-30(33)24-4-7-26(8-5-24)32-29(38)25-6-9-28(37-20-35-12-11-34-2)27(16-25)31-17-21-13-22(18-31)15-23(14-21)19-31/h3-9,16,21-23H,1,10-15,17-20H2,2H3,(H,32,38). The zero-order chi connectivity index (χ0) is 26.5. The van der Waals surface area contributed by atoms with Crippen molar-refractivity contribution in [2.75, 3.05) is 39.0 Å². The lowest BCUT2D eigenvalue weighted by molar-refractivity contribution is -0.0189. The van der Waals surface area contributed by atoms with Gasteiger partial charge in [0, 0.05) is 23.9 Å². The average molecular weight is 536 g/mol. The van der Waals surface area contributed by atoms with E-state index in [0.717, 1.165) is 34.8 Å². The molecule has 0 aliphatic heterocycles. The zero-order valence-electron chi connectivity index (χ0n) is 22.1. The molecule has 0 aromatic heterocycles. The number of rotatable bonds is 12. The maximum absolute atomic E-state index is 12.1. The van der Waals surface area contributed by atoms with Gasteiger partial charge < -0.3 is 24.3 Å². The van der Waals surface area contributed by atoms with Crippen molar-refractivity contribution in [1.29, 1.82) is 0 Å². The van der Waals surface area contributed by atoms with Crippen LogP contribution in [0.25, 0.3) is 0 Å². The lowest BCUT2D eigenvalue weighted by atomic mass is 9.48. The maximum Gasteiger partial charge on any atom is 0.338 e. The van der Waals surface area contributed by atoms with Crippen molar-refractivity contribution < 1.29 is 23.7 Å². The Morgan fingerprint density at radius 2 is 1.68 bits per heavy atom. The van der Waals surface area contributed by atoms with Crippen molar-refractivity contribution >= 4 is 28.9 Å². The van der Waals surface area contributed by atoms with Gasteiger partial charge in [0.2, 0.25) is 0 Å². The summed E-state index contributed by atoms with van der Waals surface area (Å²) in [6.45, 7) is 5.00. The van der Waals surface area contributed by atoms with Gasteiger partial charge in [0.05, 0.1) is 18.8 Å². The number of carbonyl (C=O) groups is 1. The number of hydrogen-bond acceptors (Lipinski definition) is 6. The second-order valence-corrected chi connectivity index (χ2v) is 11.4. The lowest BCUT2D eigenvalue weighted by Crippen LogP contribution is -2.48. The second kappa shape index (κ2) is 12.0. The van der Waals surface area contributed by atoms with Crippen molar-refractivity contribution in [1.82, 2.24) is 0 Å². The maximum atomic E-state index is 12.1. The van der Waals surface area contributed by atoms with E-state index in [4.69, 9.17) is 31.2 Å². The van der Waals surface area contributed by atoms with Crippen molar-refractivity contribution in [3.8, 4) is 5.75 Å². The molecule has 0 heterocycles. The molecular weight excluding hydrogens is 498 g/mol. The number of benzene rings is 2. The van der Waals surface area contributed by atoms with Crippen LogP contribution >= 0.6 is 12.2 Å². The molecule has 4 saturated carbocycles. The molecule has 4 fully saturated rings. The number of hydrogen-bond donors (Lipinski definition) is 1. The molecule has 0 spiro atoms. The van der Waals surface area contributed by atoms with Gasteiger partial charge >= 0.3 is 5.97 Å². The molecule has 6 nitrogen and oxygen atoms in total. The van der Waals surface area contributed by atoms with Crippen LogP contribution in [0.2, 0.25) is 0 Å². The number of anilines is 1. The molecule has 2 aromatic rings. The molecule has 1 N–H and O–H groups in total. The lowest BCUT2D eigenvalue weighted by Gasteiger charge is -2.57. The zero-order valence-corrected chi connectivity index (χ0v) is 22.9. The third kappa shape index (κ3) is 5.95. The molecule has 0 unspecified atom stereocenters. The normalized spacial score (nSPS) is 25.1. The van der Waals surface area contributed by atoms with Gasteiger partial charge in [-0.25, -0.2) is 4.79 Å². The molecule has 202 valence electrons. The fourth-order valence-corrected chi connectivity index (χ4v) is 7.31. The fraction of sp³-hybridized carbons (Fsp3) is 0.484. The summed E-state index contributed by atoms with van der Waals surface area (Å²) < 4.78 is 22.0. The fourth-order valence-electron chi connectivity index (χ4n) is 7.07. The minimum absolute atomic E-state index is 0.148. The molecule has 0 saturated heterocycles. The highest BCUT2D eigenvalue weighted by Gasteiger charge is 2.52. The van der Waals surface area contributed by atoms with E-state index in [9.17, 15) is 4.79 Å². The smallest absolute Gasteiger partial charge is 0.338 e. The topological polar surface area (TPSA) is 66.0 Å². The summed E-state index contributed by atoms with van der Waals surface area (Å²) in [4.78, 5) is 12.7. The Balaban J connectivity index is 1.34. The molecule has 38 heavy (non-hydrogen) atoms. The number of esters is 1. The molecule has 2 aromatic carbocycles. The molecule has 0 radical (unpaired) electrons. The number of methoxy groups -OCH3 is 1. The van der Waals surface area contributed by atoms with E-state index in [0.29, 0.717) is 23.8 Å². The summed E-state index contributed by atoms with van der Waals surface area (Å²) >= 11 is 5.83. The number of thiocarbonyl (C=S) groups is 1. The van der Waals surface area contributed by atoms with E-state index in [-0.39, 0.29) is 24.8 Å². The van der Waals surface area contributed by atoms with Crippen LogP contribution in [0.5, 0.6) is 5.75 Å². The van der Waals surface area contributed by atoms with Crippen LogP contribution in [0.3, 0.4) is 0 Å².